The summed E-state index contributed by atoms with van der Waals surface area (Å²) in [7, 11) is 0. The molecule has 4 rings (SSSR count). The summed E-state index contributed by atoms with van der Waals surface area (Å²) in [4.78, 5) is 15.9. The van der Waals surface area contributed by atoms with Crippen molar-refractivity contribution < 1.29 is 4.79 Å². The normalized spacial score (nSPS) is 16.6. The van der Waals surface area contributed by atoms with Crippen LogP contribution in [0.1, 0.15) is 28.8 Å². The van der Waals surface area contributed by atoms with Crippen molar-refractivity contribution in [2.75, 3.05) is 0 Å². The van der Waals surface area contributed by atoms with Gasteiger partial charge in [-0.2, -0.15) is 0 Å². The molecule has 0 radical (unpaired) electrons. The van der Waals surface area contributed by atoms with Gasteiger partial charge in [0.2, 0.25) is 5.91 Å². The second-order valence-electron chi connectivity index (χ2n) is 6.94. The van der Waals surface area contributed by atoms with Gasteiger partial charge >= 0.3 is 0 Å². The van der Waals surface area contributed by atoms with Gasteiger partial charge in [0.25, 0.3) is 0 Å². The minimum absolute atomic E-state index is 0.0757. The number of carbonyl (C=O) groups excluding carboxylic acids is 1. The molecule has 0 bridgehead atoms. The van der Waals surface area contributed by atoms with E-state index in [0.717, 1.165) is 24.8 Å². The number of H-pyrrole nitrogens is 1. The highest BCUT2D eigenvalue weighted by molar-refractivity contribution is 6.30. The summed E-state index contributed by atoms with van der Waals surface area (Å²) >= 11 is 5.90. The van der Waals surface area contributed by atoms with E-state index in [9.17, 15) is 4.79 Å². The van der Waals surface area contributed by atoms with Crippen molar-refractivity contribution in [3.63, 3.8) is 0 Å². The lowest BCUT2D eigenvalue weighted by Gasteiger charge is -2.23. The maximum absolute atomic E-state index is 12.4. The summed E-state index contributed by atoms with van der Waals surface area (Å²) in [6, 6.07) is 14.2. The average Bonchev–Trinajstić information content (AvgIpc) is 2.94. The minimum Gasteiger partial charge on any atom is -0.358 e. The first-order valence-electron chi connectivity index (χ1n) is 8.72. The zero-order chi connectivity index (χ0) is 17.4. The van der Waals surface area contributed by atoms with Gasteiger partial charge in [-0.25, -0.2) is 0 Å². The van der Waals surface area contributed by atoms with E-state index >= 15 is 0 Å². The Balaban J connectivity index is 1.46. The Hall–Kier alpha value is -2.26. The molecule has 3 nitrogen and oxygen atoms in total. The van der Waals surface area contributed by atoms with Crippen LogP contribution in [0.15, 0.2) is 42.5 Å². The molecular formula is C21H21ClN2O. The van der Waals surface area contributed by atoms with Gasteiger partial charge in [0.05, 0.1) is 6.42 Å². The van der Waals surface area contributed by atoms with Crippen LogP contribution in [-0.2, 0) is 24.1 Å². The third-order valence-corrected chi connectivity index (χ3v) is 5.24. The highest BCUT2D eigenvalue weighted by Crippen LogP contribution is 2.30. The van der Waals surface area contributed by atoms with E-state index in [4.69, 9.17) is 11.6 Å². The largest absolute Gasteiger partial charge is 0.358 e. The number of halogens is 1. The molecule has 1 unspecified atom stereocenters. The Morgan fingerprint density at radius 2 is 2.04 bits per heavy atom. The minimum atomic E-state index is 0.0757. The van der Waals surface area contributed by atoms with E-state index in [-0.39, 0.29) is 11.9 Å². The number of aryl methyl sites for hydroxylation is 2. The van der Waals surface area contributed by atoms with Crippen LogP contribution in [-0.4, -0.2) is 16.9 Å². The fourth-order valence-electron chi connectivity index (χ4n) is 3.72. The number of hydrogen-bond donors (Lipinski definition) is 2. The van der Waals surface area contributed by atoms with Gasteiger partial charge in [-0.15, -0.1) is 0 Å². The standard InChI is InChI=1S/C21H21ClN2O/c1-13-2-8-19-17(10-13)18-12-16(7-9-20(18)24-19)23-21(25)11-14-3-5-15(22)6-4-14/h2-6,8,10,16,24H,7,9,11-12H2,1H3,(H,23,25). The van der Waals surface area contributed by atoms with E-state index in [0.29, 0.717) is 11.4 Å². The van der Waals surface area contributed by atoms with Gasteiger partial charge in [-0.05, 0) is 61.6 Å². The second kappa shape index (κ2) is 6.57. The Morgan fingerprint density at radius 3 is 2.84 bits per heavy atom. The van der Waals surface area contributed by atoms with Crippen molar-refractivity contribution in [3.8, 4) is 0 Å². The van der Waals surface area contributed by atoms with Crippen LogP contribution in [0.4, 0.5) is 0 Å². The number of aromatic nitrogens is 1. The molecule has 2 aromatic carbocycles. The molecule has 128 valence electrons. The van der Waals surface area contributed by atoms with Gasteiger partial charge in [-0.1, -0.05) is 35.4 Å². The quantitative estimate of drug-likeness (QED) is 0.723. The van der Waals surface area contributed by atoms with Gasteiger partial charge < -0.3 is 10.3 Å². The summed E-state index contributed by atoms with van der Waals surface area (Å²) in [5.41, 5.74) is 6.14. The van der Waals surface area contributed by atoms with E-state index in [1.165, 1.54) is 27.7 Å². The smallest absolute Gasteiger partial charge is 0.224 e. The van der Waals surface area contributed by atoms with E-state index in [1.54, 1.807) is 0 Å². The second-order valence-corrected chi connectivity index (χ2v) is 7.38. The Morgan fingerprint density at radius 1 is 1.24 bits per heavy atom. The molecular weight excluding hydrogens is 332 g/mol. The van der Waals surface area contributed by atoms with Crippen LogP contribution in [0.2, 0.25) is 5.02 Å². The molecule has 1 atom stereocenters. The third kappa shape index (κ3) is 3.42. The van der Waals surface area contributed by atoms with Crippen molar-refractivity contribution in [2.24, 2.45) is 0 Å². The van der Waals surface area contributed by atoms with E-state index in [2.05, 4.69) is 35.4 Å². The summed E-state index contributed by atoms with van der Waals surface area (Å²) in [6.45, 7) is 2.12. The average molecular weight is 353 g/mol. The Bertz CT molecular complexity index is 927. The van der Waals surface area contributed by atoms with E-state index in [1.807, 2.05) is 24.3 Å². The molecule has 1 heterocycles. The number of carbonyl (C=O) groups is 1. The lowest BCUT2D eigenvalue weighted by Crippen LogP contribution is -2.39. The molecule has 1 aliphatic rings. The van der Waals surface area contributed by atoms with Crippen molar-refractivity contribution in [3.05, 3.63) is 69.9 Å². The van der Waals surface area contributed by atoms with Crippen LogP contribution in [0.5, 0.6) is 0 Å². The summed E-state index contributed by atoms with van der Waals surface area (Å²) in [5, 5.41) is 5.20. The zero-order valence-corrected chi connectivity index (χ0v) is 15.0. The predicted molar refractivity (Wildman–Crippen MR) is 102 cm³/mol. The van der Waals surface area contributed by atoms with Crippen LogP contribution < -0.4 is 5.32 Å². The lowest BCUT2D eigenvalue weighted by atomic mass is 9.91. The first-order valence-corrected chi connectivity index (χ1v) is 9.10. The highest BCUT2D eigenvalue weighted by Gasteiger charge is 2.23. The van der Waals surface area contributed by atoms with Crippen LogP contribution in [0.3, 0.4) is 0 Å². The van der Waals surface area contributed by atoms with Crippen LogP contribution in [0.25, 0.3) is 10.9 Å². The number of rotatable bonds is 3. The number of fused-ring (bicyclic) bond motifs is 3. The molecule has 0 aliphatic heterocycles. The van der Waals surface area contributed by atoms with Crippen molar-refractivity contribution in [1.82, 2.24) is 10.3 Å². The van der Waals surface area contributed by atoms with Crippen molar-refractivity contribution in [2.45, 2.75) is 38.6 Å². The first-order chi connectivity index (χ1) is 12.1. The zero-order valence-electron chi connectivity index (χ0n) is 14.2. The Labute approximate surface area is 152 Å². The number of aromatic amines is 1. The summed E-state index contributed by atoms with van der Waals surface area (Å²) in [6.07, 6.45) is 3.25. The molecule has 1 amide bonds. The fourth-order valence-corrected chi connectivity index (χ4v) is 3.85. The van der Waals surface area contributed by atoms with Gasteiger partial charge in [0.15, 0.2) is 0 Å². The summed E-state index contributed by atoms with van der Waals surface area (Å²) < 4.78 is 0. The predicted octanol–water partition coefficient (Wildman–Crippen LogP) is 4.35. The van der Waals surface area contributed by atoms with Gasteiger partial charge in [-0.3, -0.25) is 4.79 Å². The fraction of sp³-hybridized carbons (Fsp3) is 0.286. The van der Waals surface area contributed by atoms with E-state index < -0.39 is 0 Å². The maximum atomic E-state index is 12.4. The molecule has 2 N–H and O–H groups in total. The number of hydrogen-bond acceptors (Lipinski definition) is 1. The molecule has 1 aromatic heterocycles. The lowest BCUT2D eigenvalue weighted by molar-refractivity contribution is -0.121. The van der Waals surface area contributed by atoms with Crippen molar-refractivity contribution >= 4 is 28.4 Å². The topological polar surface area (TPSA) is 44.9 Å². The SMILES string of the molecule is Cc1ccc2[nH]c3c(c2c1)CC(NC(=O)Cc1ccc(Cl)cc1)CC3. The Kier molecular flexibility index (Phi) is 4.26. The first kappa shape index (κ1) is 16.2. The number of benzene rings is 2. The maximum Gasteiger partial charge on any atom is 0.224 e. The third-order valence-electron chi connectivity index (χ3n) is 4.99. The number of amides is 1. The monoisotopic (exact) mass is 352 g/mol. The molecule has 4 heteroatoms. The molecule has 0 saturated carbocycles. The molecule has 0 spiro atoms. The van der Waals surface area contributed by atoms with Crippen molar-refractivity contribution in [1.29, 1.82) is 0 Å². The molecule has 3 aromatic rings. The molecule has 25 heavy (non-hydrogen) atoms. The van der Waals surface area contributed by atoms with Gasteiger partial charge in [0.1, 0.15) is 0 Å². The van der Waals surface area contributed by atoms with Crippen LogP contribution in [0, 0.1) is 6.92 Å². The highest BCUT2D eigenvalue weighted by atomic mass is 35.5. The molecule has 1 aliphatic carbocycles. The number of nitrogens with one attached hydrogen (secondary N) is 2. The molecule has 0 fully saturated rings. The summed E-state index contributed by atoms with van der Waals surface area (Å²) in [5.74, 6) is 0.0757. The van der Waals surface area contributed by atoms with Gasteiger partial charge in [0, 0.05) is 27.7 Å². The molecule has 0 saturated heterocycles. The van der Waals surface area contributed by atoms with Crippen LogP contribution >= 0.6 is 11.6 Å².